The molecule has 11 heteroatoms. The highest BCUT2D eigenvalue weighted by Gasteiger charge is 2.77. The Kier molecular flexibility index (Phi) is 8.22. The molecule has 0 aromatic rings. The van der Waals surface area contributed by atoms with Crippen molar-refractivity contribution in [1.82, 2.24) is 14.7 Å². The fourth-order valence-corrected chi connectivity index (χ4v) is 7.07. The van der Waals surface area contributed by atoms with Crippen molar-refractivity contribution < 1.29 is 33.7 Å². The molecule has 0 aromatic carbocycles. The van der Waals surface area contributed by atoms with Gasteiger partial charge in [-0.3, -0.25) is 19.3 Å². The van der Waals surface area contributed by atoms with E-state index >= 15 is 0 Å². The Labute approximate surface area is 214 Å². The van der Waals surface area contributed by atoms with E-state index in [2.05, 4.69) is 27.4 Å². The van der Waals surface area contributed by atoms with E-state index in [0.717, 1.165) is 13.1 Å². The molecule has 1 spiro atoms. The largest absolute Gasteiger partial charge is 0.466 e. The van der Waals surface area contributed by atoms with Gasteiger partial charge in [0.25, 0.3) is 0 Å². The molecule has 0 radical (unpaired) electrons. The highest BCUT2D eigenvalue weighted by molar-refractivity contribution is 9.09. The summed E-state index contributed by atoms with van der Waals surface area (Å²) >= 11 is 3.64. The average Bonchev–Trinajstić information content (AvgIpc) is 3.45. The third kappa shape index (κ3) is 4.54. The molecule has 0 aromatic heterocycles. The second-order valence-corrected chi connectivity index (χ2v) is 10.9. The number of hydrogen-bond donors (Lipinski definition) is 1. The fourth-order valence-electron chi connectivity index (χ4n) is 6.12. The number of fused-ring (bicyclic) bond motifs is 1. The SMILES string of the molecule is C=CCN(CCN1CCOCC1)C(=O)[C@H]1N([C@H](C)CO)C(=O)[C@@H]2[C@@H](C(=O)OCC)[C@@H]3O[C@@]21CC3Br. The van der Waals surface area contributed by atoms with Crippen LogP contribution in [0.2, 0.25) is 0 Å². The number of likely N-dealkylation sites (tertiary alicyclic amines) is 1. The van der Waals surface area contributed by atoms with Gasteiger partial charge in [0.05, 0.1) is 50.4 Å². The maximum atomic E-state index is 14.2. The van der Waals surface area contributed by atoms with Crippen LogP contribution in [-0.2, 0) is 28.6 Å². The van der Waals surface area contributed by atoms with E-state index in [1.165, 1.54) is 4.90 Å². The lowest BCUT2D eigenvalue weighted by molar-refractivity contribution is -0.156. The lowest BCUT2D eigenvalue weighted by atomic mass is 9.70. The monoisotopic (exact) mass is 557 g/mol. The van der Waals surface area contributed by atoms with Gasteiger partial charge in [-0.15, -0.1) is 6.58 Å². The maximum absolute atomic E-state index is 14.2. The van der Waals surface area contributed by atoms with Crippen molar-refractivity contribution in [2.24, 2.45) is 11.8 Å². The molecular weight excluding hydrogens is 522 g/mol. The van der Waals surface area contributed by atoms with Crippen LogP contribution in [0.1, 0.15) is 20.3 Å². The van der Waals surface area contributed by atoms with Crippen molar-refractivity contribution in [3.63, 3.8) is 0 Å². The Hall–Kier alpha value is -1.53. The number of esters is 1. The van der Waals surface area contributed by atoms with Gasteiger partial charge in [0, 0.05) is 37.6 Å². The predicted octanol–water partition coefficient (Wildman–Crippen LogP) is 0.0251. The number of morpholine rings is 1. The first kappa shape index (κ1) is 26.5. The number of halogens is 1. The van der Waals surface area contributed by atoms with Gasteiger partial charge in [-0.1, -0.05) is 22.0 Å². The zero-order valence-electron chi connectivity index (χ0n) is 20.4. The summed E-state index contributed by atoms with van der Waals surface area (Å²) in [7, 11) is 0. The van der Waals surface area contributed by atoms with Crippen LogP contribution in [0, 0.1) is 11.8 Å². The van der Waals surface area contributed by atoms with Crippen molar-refractivity contribution in [1.29, 1.82) is 0 Å². The van der Waals surface area contributed by atoms with Crippen LogP contribution in [0.25, 0.3) is 0 Å². The smallest absolute Gasteiger partial charge is 0.312 e. The van der Waals surface area contributed by atoms with Crippen LogP contribution < -0.4 is 0 Å². The fraction of sp³-hybridized carbons (Fsp3) is 0.792. The minimum Gasteiger partial charge on any atom is -0.466 e. The van der Waals surface area contributed by atoms with Gasteiger partial charge in [0.15, 0.2) is 0 Å². The molecule has 0 aliphatic carbocycles. The first-order valence-electron chi connectivity index (χ1n) is 12.4. The van der Waals surface area contributed by atoms with Crippen molar-refractivity contribution >= 4 is 33.7 Å². The predicted molar refractivity (Wildman–Crippen MR) is 130 cm³/mol. The van der Waals surface area contributed by atoms with Gasteiger partial charge in [0.2, 0.25) is 11.8 Å². The van der Waals surface area contributed by atoms with Crippen molar-refractivity contribution in [2.75, 3.05) is 59.2 Å². The third-order valence-electron chi connectivity index (χ3n) is 7.71. The molecular formula is C24H36BrN3O7. The number of nitrogens with zero attached hydrogens (tertiary/aromatic N) is 3. The number of ether oxygens (including phenoxy) is 3. The number of alkyl halides is 1. The van der Waals surface area contributed by atoms with Gasteiger partial charge in [0.1, 0.15) is 11.6 Å². The molecule has 4 aliphatic heterocycles. The van der Waals surface area contributed by atoms with Crippen LogP contribution in [0.5, 0.6) is 0 Å². The Morgan fingerprint density at radius 2 is 2.11 bits per heavy atom. The summed E-state index contributed by atoms with van der Waals surface area (Å²) in [6.07, 6.45) is 1.54. The highest BCUT2D eigenvalue weighted by Crippen LogP contribution is 2.60. The number of aliphatic hydroxyl groups is 1. The first-order valence-corrected chi connectivity index (χ1v) is 13.3. The van der Waals surface area contributed by atoms with E-state index in [4.69, 9.17) is 14.2 Å². The second kappa shape index (κ2) is 10.8. The van der Waals surface area contributed by atoms with Crippen molar-refractivity contribution in [3.8, 4) is 0 Å². The molecule has 4 aliphatic rings. The van der Waals surface area contributed by atoms with Gasteiger partial charge in [-0.05, 0) is 20.3 Å². The molecule has 4 saturated heterocycles. The van der Waals surface area contributed by atoms with E-state index < -0.39 is 41.6 Å². The summed E-state index contributed by atoms with van der Waals surface area (Å²) in [5.41, 5.74) is -1.16. The van der Waals surface area contributed by atoms with Gasteiger partial charge in [-0.2, -0.15) is 0 Å². The zero-order valence-corrected chi connectivity index (χ0v) is 22.0. The zero-order chi connectivity index (χ0) is 25.3. The Morgan fingerprint density at radius 3 is 2.74 bits per heavy atom. The molecule has 2 bridgehead atoms. The number of carbonyl (C=O) groups is 3. The van der Waals surface area contributed by atoms with E-state index in [1.807, 2.05) is 0 Å². The maximum Gasteiger partial charge on any atom is 0.312 e. The van der Waals surface area contributed by atoms with Gasteiger partial charge in [-0.25, -0.2) is 0 Å². The first-order chi connectivity index (χ1) is 16.8. The van der Waals surface area contributed by atoms with Crippen LogP contribution >= 0.6 is 15.9 Å². The van der Waals surface area contributed by atoms with Crippen molar-refractivity contribution in [3.05, 3.63) is 12.7 Å². The molecule has 1 unspecified atom stereocenters. The summed E-state index contributed by atoms with van der Waals surface area (Å²) < 4.78 is 17.2. The molecule has 1 N–H and O–H groups in total. The number of carbonyl (C=O) groups excluding carboxylic acids is 3. The summed E-state index contributed by atoms with van der Waals surface area (Å²) in [5.74, 6) is -2.70. The van der Waals surface area contributed by atoms with Crippen LogP contribution in [-0.4, -0.2) is 125 Å². The minimum atomic E-state index is -1.16. The van der Waals surface area contributed by atoms with E-state index in [-0.39, 0.29) is 29.9 Å². The van der Waals surface area contributed by atoms with Gasteiger partial charge >= 0.3 is 5.97 Å². The van der Waals surface area contributed by atoms with E-state index in [0.29, 0.717) is 39.3 Å². The van der Waals surface area contributed by atoms with Crippen molar-refractivity contribution in [2.45, 2.75) is 48.9 Å². The molecule has 35 heavy (non-hydrogen) atoms. The normalized spacial score (nSPS) is 35.1. The number of aliphatic hydroxyl groups excluding tert-OH is 1. The third-order valence-corrected chi connectivity index (χ3v) is 8.55. The summed E-state index contributed by atoms with van der Waals surface area (Å²) in [4.78, 5) is 46.1. The molecule has 0 saturated carbocycles. The minimum absolute atomic E-state index is 0.191. The average molecular weight is 558 g/mol. The standard InChI is InChI=1S/C24H36BrN3O7/c1-4-6-27(8-7-26-9-11-33-12-10-26)22(31)20-24-13-16(25)19(35-24)17(23(32)34-5-2)18(24)21(30)28(20)15(3)14-29/h4,15-20,29H,1,5-14H2,2-3H3/t15-,16?,17-,18+,19-,20-,24+/m1/s1. The summed E-state index contributed by atoms with van der Waals surface area (Å²) in [6.45, 7) is 11.5. The summed E-state index contributed by atoms with van der Waals surface area (Å²) in [5, 5.41) is 9.97. The Morgan fingerprint density at radius 1 is 1.40 bits per heavy atom. The molecule has 196 valence electrons. The van der Waals surface area contributed by atoms with Crippen LogP contribution in [0.4, 0.5) is 0 Å². The molecule has 4 rings (SSSR count). The van der Waals surface area contributed by atoms with Crippen LogP contribution in [0.3, 0.4) is 0 Å². The molecule has 10 nitrogen and oxygen atoms in total. The van der Waals surface area contributed by atoms with E-state index in [1.54, 1.807) is 24.8 Å². The second-order valence-electron chi connectivity index (χ2n) is 9.72. The molecule has 4 heterocycles. The molecule has 4 fully saturated rings. The van der Waals surface area contributed by atoms with Crippen LogP contribution in [0.15, 0.2) is 12.7 Å². The topological polar surface area (TPSA) is 109 Å². The Bertz CT molecular complexity index is 838. The number of amides is 2. The lowest BCUT2D eigenvalue weighted by Crippen LogP contribution is -2.59. The lowest BCUT2D eigenvalue weighted by Gasteiger charge is -2.39. The number of hydrogen-bond acceptors (Lipinski definition) is 8. The molecule has 2 amide bonds. The summed E-state index contributed by atoms with van der Waals surface area (Å²) in [6, 6.07) is -1.56. The number of rotatable bonds is 10. The van der Waals surface area contributed by atoms with E-state index in [9.17, 15) is 19.5 Å². The van der Waals surface area contributed by atoms with Gasteiger partial charge < -0.3 is 29.1 Å². The highest BCUT2D eigenvalue weighted by atomic mass is 79.9. The Balaban J connectivity index is 1.66. The molecule has 7 atom stereocenters. The quantitative estimate of drug-likeness (QED) is 0.227.